The molecule has 0 radical (unpaired) electrons. The second kappa shape index (κ2) is 7.37. The van der Waals surface area contributed by atoms with E-state index in [-0.39, 0.29) is 16.4 Å². The average molecular weight is 430 g/mol. The van der Waals surface area contributed by atoms with Crippen LogP contribution in [-0.2, 0) is 14.8 Å². The second-order valence-electron chi connectivity index (χ2n) is 7.59. The maximum atomic E-state index is 13.1. The van der Waals surface area contributed by atoms with E-state index in [1.54, 1.807) is 43.9 Å². The zero-order chi connectivity index (χ0) is 21.6. The summed E-state index contributed by atoms with van der Waals surface area (Å²) >= 11 is 0. The van der Waals surface area contributed by atoms with Crippen LogP contribution in [0.3, 0.4) is 0 Å². The number of aryl methyl sites for hydroxylation is 2. The van der Waals surface area contributed by atoms with Crippen LogP contribution in [0.5, 0.6) is 0 Å². The first-order chi connectivity index (χ1) is 14.2. The van der Waals surface area contributed by atoms with Crippen molar-refractivity contribution in [2.75, 3.05) is 11.4 Å². The largest absolute Gasteiger partial charge is 0.312 e. The monoisotopic (exact) mass is 429 g/mol. The molecule has 3 aromatic rings. The summed E-state index contributed by atoms with van der Waals surface area (Å²) in [6, 6.07) is 7.27. The number of anilines is 1. The Morgan fingerprint density at radius 1 is 1.17 bits per heavy atom. The molecular weight excluding hydrogens is 406 g/mol. The van der Waals surface area contributed by atoms with Gasteiger partial charge in [0.05, 0.1) is 16.6 Å². The summed E-state index contributed by atoms with van der Waals surface area (Å²) in [6.07, 6.45) is 1.22. The molecule has 9 nitrogen and oxygen atoms in total. The fraction of sp³-hybridized carbons (Fsp3) is 0.350. The summed E-state index contributed by atoms with van der Waals surface area (Å²) < 4.78 is 30.1. The van der Waals surface area contributed by atoms with E-state index in [0.717, 1.165) is 12.1 Å². The van der Waals surface area contributed by atoms with Crippen LogP contribution in [0, 0.1) is 13.8 Å². The molecule has 1 aromatic carbocycles. The third-order valence-corrected chi connectivity index (χ3v) is 6.90. The Morgan fingerprint density at radius 2 is 1.93 bits per heavy atom. The summed E-state index contributed by atoms with van der Waals surface area (Å²) in [5.74, 6) is -0.0108. The maximum absolute atomic E-state index is 13.1. The van der Waals surface area contributed by atoms with Gasteiger partial charge in [0.15, 0.2) is 5.65 Å². The fourth-order valence-electron chi connectivity index (χ4n) is 3.68. The molecule has 30 heavy (non-hydrogen) atoms. The van der Waals surface area contributed by atoms with E-state index in [1.807, 2.05) is 0 Å². The van der Waals surface area contributed by atoms with Crippen molar-refractivity contribution in [3.63, 3.8) is 0 Å². The number of sulfonamides is 1. The van der Waals surface area contributed by atoms with Crippen molar-refractivity contribution in [3.05, 3.63) is 57.6 Å². The van der Waals surface area contributed by atoms with Crippen molar-refractivity contribution in [1.82, 2.24) is 19.3 Å². The highest BCUT2D eigenvalue weighted by Crippen LogP contribution is 2.27. The highest BCUT2D eigenvalue weighted by Gasteiger charge is 2.26. The molecule has 2 aromatic heterocycles. The van der Waals surface area contributed by atoms with Crippen LogP contribution in [-0.4, -0.2) is 35.5 Å². The summed E-state index contributed by atoms with van der Waals surface area (Å²) in [6.45, 7) is 5.72. The molecule has 2 N–H and O–H groups in total. The van der Waals surface area contributed by atoms with E-state index >= 15 is 0 Å². The van der Waals surface area contributed by atoms with Crippen LogP contribution in [0.25, 0.3) is 5.65 Å². The van der Waals surface area contributed by atoms with Crippen LogP contribution in [0.15, 0.2) is 40.0 Å². The average Bonchev–Trinajstić information content (AvgIpc) is 3.26. The molecule has 0 saturated carbocycles. The predicted molar refractivity (Wildman–Crippen MR) is 112 cm³/mol. The van der Waals surface area contributed by atoms with Crippen molar-refractivity contribution < 1.29 is 13.2 Å². The van der Waals surface area contributed by atoms with Crippen molar-refractivity contribution in [2.24, 2.45) is 0 Å². The number of rotatable bonds is 5. The molecule has 0 aliphatic carbocycles. The minimum atomic E-state index is -3.91. The van der Waals surface area contributed by atoms with E-state index in [2.05, 4.69) is 14.8 Å². The van der Waals surface area contributed by atoms with Crippen LogP contribution in [0.2, 0.25) is 0 Å². The number of nitrogens with one attached hydrogen (secondary N) is 2. The van der Waals surface area contributed by atoms with Gasteiger partial charge in [-0.05, 0) is 44.9 Å². The number of hydrogen-bond donors (Lipinski definition) is 2. The van der Waals surface area contributed by atoms with E-state index in [0.29, 0.717) is 35.6 Å². The molecule has 158 valence electrons. The number of nitrogens with zero attached hydrogens (tertiary/aromatic N) is 3. The molecule has 0 unspecified atom stereocenters. The van der Waals surface area contributed by atoms with Gasteiger partial charge in [-0.1, -0.05) is 6.07 Å². The Morgan fingerprint density at radius 3 is 2.63 bits per heavy atom. The molecule has 0 spiro atoms. The second-order valence-corrected chi connectivity index (χ2v) is 9.28. The molecule has 1 aliphatic heterocycles. The van der Waals surface area contributed by atoms with Crippen molar-refractivity contribution in [2.45, 2.75) is 44.6 Å². The molecule has 1 aliphatic rings. The highest BCUT2D eigenvalue weighted by atomic mass is 32.2. The first kappa shape index (κ1) is 20.3. The topological polar surface area (TPSA) is 117 Å². The van der Waals surface area contributed by atoms with Crippen LogP contribution >= 0.6 is 0 Å². The van der Waals surface area contributed by atoms with E-state index in [1.165, 1.54) is 16.6 Å². The van der Waals surface area contributed by atoms with E-state index < -0.39 is 16.1 Å². The van der Waals surface area contributed by atoms with Gasteiger partial charge in [0, 0.05) is 36.5 Å². The molecule has 1 amide bonds. The lowest BCUT2D eigenvalue weighted by Gasteiger charge is -2.19. The molecule has 4 rings (SSSR count). The molecule has 3 heterocycles. The smallest absolute Gasteiger partial charge is 0.272 e. The van der Waals surface area contributed by atoms with Gasteiger partial charge in [-0.25, -0.2) is 22.6 Å². The Labute approximate surface area is 173 Å². The Bertz CT molecular complexity index is 1310. The zero-order valence-corrected chi connectivity index (χ0v) is 17.8. The number of carbonyl (C=O) groups is 1. The summed E-state index contributed by atoms with van der Waals surface area (Å²) in [5.41, 5.74) is 2.33. The summed E-state index contributed by atoms with van der Waals surface area (Å²) in [5, 5.41) is 2.88. The van der Waals surface area contributed by atoms with Gasteiger partial charge in [-0.2, -0.15) is 0 Å². The lowest BCUT2D eigenvalue weighted by molar-refractivity contribution is -0.117. The van der Waals surface area contributed by atoms with Gasteiger partial charge < -0.3 is 4.90 Å². The van der Waals surface area contributed by atoms with Gasteiger partial charge >= 0.3 is 0 Å². The van der Waals surface area contributed by atoms with Gasteiger partial charge in [-0.15, -0.1) is 0 Å². The number of fused-ring (bicyclic) bond motifs is 1. The van der Waals surface area contributed by atoms with Crippen LogP contribution in [0.4, 0.5) is 5.69 Å². The Balaban J connectivity index is 1.66. The normalized spacial score (nSPS) is 15.8. The minimum Gasteiger partial charge on any atom is -0.312 e. The molecule has 1 saturated heterocycles. The lowest BCUT2D eigenvalue weighted by Crippen LogP contribution is -2.30. The first-order valence-corrected chi connectivity index (χ1v) is 11.2. The number of H-pyrrole nitrogens is 1. The van der Waals surface area contributed by atoms with Gasteiger partial charge in [-0.3, -0.25) is 14.7 Å². The van der Waals surface area contributed by atoms with Gasteiger partial charge in [0.25, 0.3) is 5.56 Å². The Hall–Kier alpha value is -2.98. The Kier molecular flexibility index (Phi) is 4.99. The molecule has 1 atom stereocenters. The number of amides is 1. The third kappa shape index (κ3) is 3.63. The van der Waals surface area contributed by atoms with Gasteiger partial charge in [0.1, 0.15) is 0 Å². The van der Waals surface area contributed by atoms with Crippen LogP contribution in [0.1, 0.15) is 42.8 Å². The minimum absolute atomic E-state index is 0.0108. The molecule has 0 bridgehead atoms. The summed E-state index contributed by atoms with van der Waals surface area (Å²) in [4.78, 5) is 30.5. The SMILES string of the molecule is Cc1cc2nc([C@H](C)NS(=O)(=O)c3cc(N4CCCC4=O)ccc3C)cc(=O)n2[nH]1. The fourth-order valence-corrected chi connectivity index (χ4v) is 5.16. The summed E-state index contributed by atoms with van der Waals surface area (Å²) in [7, 11) is -3.91. The number of aromatic amines is 1. The zero-order valence-electron chi connectivity index (χ0n) is 17.0. The molecular formula is C20H23N5O4S. The van der Waals surface area contributed by atoms with E-state index in [4.69, 9.17) is 0 Å². The van der Waals surface area contributed by atoms with Crippen LogP contribution < -0.4 is 15.2 Å². The number of aromatic nitrogens is 3. The first-order valence-electron chi connectivity index (χ1n) is 9.68. The number of carbonyl (C=O) groups excluding carboxylic acids is 1. The maximum Gasteiger partial charge on any atom is 0.272 e. The quantitative estimate of drug-likeness (QED) is 0.642. The number of benzene rings is 1. The van der Waals surface area contributed by atoms with Gasteiger partial charge in [0.2, 0.25) is 15.9 Å². The standard InChI is InChI=1S/C20H23N5O4S/c1-12-6-7-15(24-8-4-5-19(24)26)10-17(12)30(28,29)23-14(3)16-11-20(27)25-18(21-16)9-13(2)22-25/h6-7,9-11,14,22-23H,4-5,8H2,1-3H3/t14-/m0/s1. The van der Waals surface area contributed by atoms with E-state index in [9.17, 15) is 18.0 Å². The number of hydrogen-bond acceptors (Lipinski definition) is 5. The molecule has 10 heteroatoms. The van der Waals surface area contributed by atoms with Crippen molar-refractivity contribution >= 4 is 27.3 Å². The highest BCUT2D eigenvalue weighted by molar-refractivity contribution is 7.89. The van der Waals surface area contributed by atoms with Crippen molar-refractivity contribution in [3.8, 4) is 0 Å². The lowest BCUT2D eigenvalue weighted by atomic mass is 10.2. The third-order valence-electron chi connectivity index (χ3n) is 5.22. The molecule has 1 fully saturated rings. The predicted octanol–water partition coefficient (Wildman–Crippen LogP) is 1.81. The van der Waals surface area contributed by atoms with Crippen molar-refractivity contribution in [1.29, 1.82) is 0 Å².